The lowest BCUT2D eigenvalue weighted by Crippen LogP contribution is -2.41. The van der Waals surface area contributed by atoms with Crippen molar-refractivity contribution in [2.24, 2.45) is 5.92 Å². The third kappa shape index (κ3) is 4.63. The molecule has 0 N–H and O–H groups in total. The van der Waals surface area contributed by atoms with Crippen molar-refractivity contribution in [3.8, 4) is 0 Å². The second-order valence-corrected chi connectivity index (χ2v) is 7.24. The first kappa shape index (κ1) is 18.0. The number of piperidine rings is 1. The number of ether oxygens (including phenoxy) is 2. The van der Waals surface area contributed by atoms with Crippen LogP contribution in [-0.4, -0.2) is 43.4 Å². The van der Waals surface area contributed by atoms with Crippen molar-refractivity contribution in [3.05, 3.63) is 33.8 Å². The lowest BCUT2D eigenvalue weighted by Gasteiger charge is -2.34. The SMILES string of the molecule is O=C(CCCc1ccc(Cl)c(Cl)c1)N1CCC(C2OCCO2)CC1. The fourth-order valence-electron chi connectivity index (χ4n) is 3.37. The number of hydrogen-bond donors (Lipinski definition) is 0. The summed E-state index contributed by atoms with van der Waals surface area (Å²) in [6.07, 6.45) is 4.10. The fourth-order valence-corrected chi connectivity index (χ4v) is 3.69. The molecule has 132 valence electrons. The maximum Gasteiger partial charge on any atom is 0.222 e. The van der Waals surface area contributed by atoms with E-state index in [4.69, 9.17) is 32.7 Å². The molecule has 4 nitrogen and oxygen atoms in total. The number of aryl methyl sites for hydroxylation is 1. The Morgan fingerprint density at radius 2 is 1.83 bits per heavy atom. The Hall–Kier alpha value is -0.810. The molecule has 0 unspecified atom stereocenters. The predicted molar refractivity (Wildman–Crippen MR) is 94.4 cm³/mol. The predicted octanol–water partition coefficient (Wildman–Crippen LogP) is 3.93. The van der Waals surface area contributed by atoms with Gasteiger partial charge in [0.05, 0.1) is 23.3 Å². The minimum atomic E-state index is -0.0584. The van der Waals surface area contributed by atoms with Crippen LogP contribution < -0.4 is 0 Å². The number of carbonyl (C=O) groups is 1. The molecular formula is C18H23Cl2NO3. The van der Waals surface area contributed by atoms with Crippen LogP contribution >= 0.6 is 23.2 Å². The van der Waals surface area contributed by atoms with E-state index in [-0.39, 0.29) is 12.2 Å². The molecule has 2 aliphatic heterocycles. The summed E-state index contributed by atoms with van der Waals surface area (Å²) in [5.74, 6) is 0.662. The largest absolute Gasteiger partial charge is 0.350 e. The molecule has 0 spiro atoms. The highest BCUT2D eigenvalue weighted by Crippen LogP contribution is 2.26. The minimum Gasteiger partial charge on any atom is -0.350 e. The van der Waals surface area contributed by atoms with Gasteiger partial charge in [-0.05, 0) is 43.4 Å². The number of nitrogens with zero attached hydrogens (tertiary/aromatic N) is 1. The van der Waals surface area contributed by atoms with E-state index in [1.807, 2.05) is 17.0 Å². The van der Waals surface area contributed by atoms with Gasteiger partial charge in [-0.3, -0.25) is 4.79 Å². The summed E-state index contributed by atoms with van der Waals surface area (Å²) in [6.45, 7) is 3.00. The van der Waals surface area contributed by atoms with Crippen molar-refractivity contribution in [1.82, 2.24) is 4.90 Å². The second-order valence-electron chi connectivity index (χ2n) is 6.43. The third-order valence-electron chi connectivity index (χ3n) is 4.76. The van der Waals surface area contributed by atoms with Gasteiger partial charge < -0.3 is 14.4 Å². The van der Waals surface area contributed by atoms with Crippen LogP contribution in [0, 0.1) is 5.92 Å². The number of likely N-dealkylation sites (tertiary alicyclic amines) is 1. The van der Waals surface area contributed by atoms with Gasteiger partial charge >= 0.3 is 0 Å². The van der Waals surface area contributed by atoms with Crippen LogP contribution in [0.3, 0.4) is 0 Å². The van der Waals surface area contributed by atoms with Gasteiger partial charge in [-0.15, -0.1) is 0 Å². The molecular weight excluding hydrogens is 349 g/mol. The smallest absolute Gasteiger partial charge is 0.222 e. The number of benzene rings is 1. The molecule has 24 heavy (non-hydrogen) atoms. The summed E-state index contributed by atoms with van der Waals surface area (Å²) >= 11 is 11.9. The van der Waals surface area contributed by atoms with Crippen molar-refractivity contribution in [2.75, 3.05) is 26.3 Å². The Labute approximate surface area is 153 Å². The molecule has 0 atom stereocenters. The molecule has 1 aromatic carbocycles. The van der Waals surface area contributed by atoms with Gasteiger partial charge in [0, 0.05) is 25.4 Å². The van der Waals surface area contributed by atoms with E-state index < -0.39 is 0 Å². The molecule has 2 fully saturated rings. The average molecular weight is 372 g/mol. The van der Waals surface area contributed by atoms with Gasteiger partial charge in [0.1, 0.15) is 0 Å². The van der Waals surface area contributed by atoms with Gasteiger partial charge in [-0.2, -0.15) is 0 Å². The minimum absolute atomic E-state index is 0.0584. The maximum atomic E-state index is 12.4. The zero-order valence-electron chi connectivity index (χ0n) is 13.7. The van der Waals surface area contributed by atoms with Crippen LogP contribution in [0.4, 0.5) is 0 Å². The molecule has 0 bridgehead atoms. The molecule has 6 heteroatoms. The fraction of sp³-hybridized carbons (Fsp3) is 0.611. The van der Waals surface area contributed by atoms with Gasteiger partial charge in [0.15, 0.2) is 6.29 Å². The van der Waals surface area contributed by atoms with E-state index in [1.165, 1.54) is 0 Å². The van der Waals surface area contributed by atoms with Gasteiger partial charge in [-0.1, -0.05) is 29.3 Å². The maximum absolute atomic E-state index is 12.4. The number of rotatable bonds is 5. The van der Waals surface area contributed by atoms with E-state index in [0.717, 1.165) is 44.3 Å². The first-order valence-corrected chi connectivity index (χ1v) is 9.34. The summed E-state index contributed by atoms with van der Waals surface area (Å²) in [6, 6.07) is 5.65. The highest BCUT2D eigenvalue weighted by Gasteiger charge is 2.31. The first-order valence-electron chi connectivity index (χ1n) is 8.58. The number of halogens is 2. The van der Waals surface area contributed by atoms with Gasteiger partial charge in [0.2, 0.25) is 5.91 Å². The normalized spacial score (nSPS) is 19.8. The Morgan fingerprint density at radius 3 is 2.50 bits per heavy atom. The quantitative estimate of drug-likeness (QED) is 0.786. The summed E-state index contributed by atoms with van der Waals surface area (Å²) in [5, 5.41) is 1.13. The molecule has 2 heterocycles. The Morgan fingerprint density at radius 1 is 1.12 bits per heavy atom. The second kappa shape index (κ2) is 8.52. The first-order chi connectivity index (χ1) is 11.6. The topological polar surface area (TPSA) is 38.8 Å². The standard InChI is InChI=1S/C18H23Cl2NO3/c19-15-5-4-13(12-16(15)20)2-1-3-17(22)21-8-6-14(7-9-21)18-23-10-11-24-18/h4-5,12,14,18H,1-3,6-11H2. The van der Waals surface area contributed by atoms with Crippen LogP contribution in [0.2, 0.25) is 10.0 Å². The molecule has 0 aromatic heterocycles. The van der Waals surface area contributed by atoms with Crippen molar-refractivity contribution in [1.29, 1.82) is 0 Å². The molecule has 1 amide bonds. The summed E-state index contributed by atoms with van der Waals surface area (Å²) in [7, 11) is 0. The van der Waals surface area contributed by atoms with E-state index in [2.05, 4.69) is 0 Å². The molecule has 2 saturated heterocycles. The summed E-state index contributed by atoms with van der Waals surface area (Å²) < 4.78 is 11.1. The third-order valence-corrected chi connectivity index (χ3v) is 5.50. The lowest BCUT2D eigenvalue weighted by molar-refractivity contribution is -0.136. The van der Waals surface area contributed by atoms with Gasteiger partial charge in [-0.25, -0.2) is 0 Å². The summed E-state index contributed by atoms with van der Waals surface area (Å²) in [5.41, 5.74) is 1.12. The van der Waals surface area contributed by atoms with Crippen LogP contribution in [0.15, 0.2) is 18.2 Å². The zero-order chi connectivity index (χ0) is 16.9. The molecule has 0 aliphatic carbocycles. The molecule has 3 rings (SSSR count). The monoisotopic (exact) mass is 371 g/mol. The van der Waals surface area contributed by atoms with E-state index in [9.17, 15) is 4.79 Å². The highest BCUT2D eigenvalue weighted by molar-refractivity contribution is 6.42. The van der Waals surface area contributed by atoms with Crippen LogP contribution in [0.1, 0.15) is 31.2 Å². The van der Waals surface area contributed by atoms with Crippen molar-refractivity contribution < 1.29 is 14.3 Å². The lowest BCUT2D eigenvalue weighted by atomic mass is 9.96. The Kier molecular flexibility index (Phi) is 6.39. The van der Waals surface area contributed by atoms with Crippen LogP contribution in [-0.2, 0) is 20.7 Å². The van der Waals surface area contributed by atoms with Crippen molar-refractivity contribution in [3.63, 3.8) is 0 Å². The number of hydrogen-bond acceptors (Lipinski definition) is 3. The van der Waals surface area contributed by atoms with E-state index in [1.54, 1.807) is 6.07 Å². The van der Waals surface area contributed by atoms with Crippen molar-refractivity contribution in [2.45, 2.75) is 38.4 Å². The summed E-state index contributed by atoms with van der Waals surface area (Å²) in [4.78, 5) is 14.3. The van der Waals surface area contributed by atoms with E-state index >= 15 is 0 Å². The van der Waals surface area contributed by atoms with Gasteiger partial charge in [0.25, 0.3) is 0 Å². The molecule has 0 saturated carbocycles. The Bertz CT molecular complexity index is 567. The molecule has 1 aromatic rings. The van der Waals surface area contributed by atoms with Crippen molar-refractivity contribution >= 4 is 29.1 Å². The molecule has 0 radical (unpaired) electrons. The molecule has 2 aliphatic rings. The Balaban J connectivity index is 1.38. The highest BCUT2D eigenvalue weighted by atomic mass is 35.5. The zero-order valence-corrected chi connectivity index (χ0v) is 15.2. The van der Waals surface area contributed by atoms with Crippen LogP contribution in [0.25, 0.3) is 0 Å². The number of carbonyl (C=O) groups excluding carboxylic acids is 1. The van der Waals surface area contributed by atoms with E-state index in [0.29, 0.717) is 35.6 Å². The number of amides is 1. The van der Waals surface area contributed by atoms with Crippen LogP contribution in [0.5, 0.6) is 0 Å². The average Bonchev–Trinajstić information content (AvgIpc) is 3.13.